The zero-order valence-electron chi connectivity index (χ0n) is 14.0. The van der Waals surface area contributed by atoms with Crippen LogP contribution in [-0.4, -0.2) is 17.0 Å². The number of nitrogens with zero attached hydrogens (tertiary/aromatic N) is 4. The number of hydrogen-bond donors (Lipinski definition) is 1. The van der Waals surface area contributed by atoms with E-state index >= 15 is 0 Å². The molecule has 1 aromatic heterocycles. The number of nitrogens with one attached hydrogen (secondary N) is 1. The first-order valence-corrected chi connectivity index (χ1v) is 9.20. The Kier molecular flexibility index (Phi) is 4.63. The molecule has 1 atom stereocenters. The van der Waals surface area contributed by atoms with Crippen molar-refractivity contribution in [3.8, 4) is 6.07 Å². The van der Waals surface area contributed by atoms with Gasteiger partial charge in [0.1, 0.15) is 0 Å². The lowest BCUT2D eigenvalue weighted by atomic mass is 10.1. The Morgan fingerprint density at radius 1 is 1.15 bits per heavy atom. The molecule has 6 heteroatoms. The van der Waals surface area contributed by atoms with E-state index in [1.807, 2.05) is 53.6 Å². The number of benzene rings is 2. The smallest absolute Gasteiger partial charge is 0.205 e. The molecule has 0 radical (unpaired) electrons. The first-order valence-electron chi connectivity index (χ1n) is 8.38. The molecule has 0 saturated carbocycles. The van der Waals surface area contributed by atoms with E-state index in [2.05, 4.69) is 29.6 Å². The van der Waals surface area contributed by atoms with Crippen molar-refractivity contribution in [1.82, 2.24) is 10.3 Å². The minimum absolute atomic E-state index is 0.0867. The summed E-state index contributed by atoms with van der Waals surface area (Å²) in [6.45, 7) is 0.567. The van der Waals surface area contributed by atoms with E-state index in [1.165, 1.54) is 0 Å². The maximum absolute atomic E-state index is 9.23. The summed E-state index contributed by atoms with van der Waals surface area (Å²) in [7, 11) is 0. The average molecular weight is 359 g/mol. The average Bonchev–Trinajstić information content (AvgIpc) is 3.11. The number of anilines is 1. The van der Waals surface area contributed by atoms with Crippen molar-refractivity contribution < 1.29 is 0 Å². The minimum Gasteiger partial charge on any atom is -0.333 e. The molecule has 1 unspecified atom stereocenters. The number of hydrogen-bond acceptors (Lipinski definition) is 4. The zero-order valence-corrected chi connectivity index (χ0v) is 14.9. The van der Waals surface area contributed by atoms with Crippen molar-refractivity contribution in [2.24, 2.45) is 4.99 Å². The fourth-order valence-electron chi connectivity index (χ4n) is 2.87. The zero-order chi connectivity index (χ0) is 17.8. The van der Waals surface area contributed by atoms with Crippen molar-refractivity contribution >= 4 is 32.6 Å². The van der Waals surface area contributed by atoms with Gasteiger partial charge in [-0.25, -0.2) is 9.98 Å². The van der Waals surface area contributed by atoms with Gasteiger partial charge in [0.05, 0.1) is 35.3 Å². The Morgan fingerprint density at radius 3 is 2.77 bits per heavy atom. The topological polar surface area (TPSA) is 64.3 Å². The number of nitriles is 1. The summed E-state index contributed by atoms with van der Waals surface area (Å²) in [5.41, 5.74) is 2.10. The van der Waals surface area contributed by atoms with Crippen molar-refractivity contribution in [3.05, 3.63) is 72.4 Å². The fourth-order valence-corrected chi connectivity index (χ4v) is 3.89. The summed E-state index contributed by atoms with van der Waals surface area (Å²) >= 11 is 1.61. The molecule has 0 saturated heterocycles. The number of fused-ring (bicyclic) bond motifs is 1. The molecular weight excluding hydrogens is 342 g/mol. The van der Waals surface area contributed by atoms with Gasteiger partial charge in [-0.3, -0.25) is 4.90 Å². The van der Waals surface area contributed by atoms with Gasteiger partial charge in [0.25, 0.3) is 0 Å². The van der Waals surface area contributed by atoms with E-state index in [1.54, 1.807) is 11.3 Å². The van der Waals surface area contributed by atoms with Crippen LogP contribution < -0.4 is 10.2 Å². The summed E-state index contributed by atoms with van der Waals surface area (Å²) < 4.78 is 1.12. The van der Waals surface area contributed by atoms with Gasteiger partial charge in [0.15, 0.2) is 5.13 Å². The maximum Gasteiger partial charge on any atom is 0.205 e. The third kappa shape index (κ3) is 3.30. The lowest BCUT2D eigenvalue weighted by Crippen LogP contribution is -2.48. The van der Waals surface area contributed by atoms with Crippen LogP contribution in [0, 0.1) is 11.3 Å². The Hall–Kier alpha value is -3.17. The molecule has 5 nitrogen and oxygen atoms in total. The molecule has 2 heterocycles. The Balaban J connectivity index is 1.71. The second-order valence-corrected chi connectivity index (χ2v) is 6.90. The molecule has 26 heavy (non-hydrogen) atoms. The lowest BCUT2D eigenvalue weighted by molar-refractivity contribution is 0.770. The number of para-hydroxylation sites is 1. The molecule has 0 bridgehead atoms. The molecule has 4 rings (SSSR count). The van der Waals surface area contributed by atoms with Crippen LogP contribution in [0.5, 0.6) is 0 Å². The monoisotopic (exact) mass is 359 g/mol. The highest BCUT2D eigenvalue weighted by molar-refractivity contribution is 7.22. The Labute approximate surface area is 155 Å². The van der Waals surface area contributed by atoms with Gasteiger partial charge in [-0.15, -0.1) is 0 Å². The van der Waals surface area contributed by atoms with Gasteiger partial charge in [-0.05, 0) is 23.8 Å². The van der Waals surface area contributed by atoms with Crippen LogP contribution in [0.1, 0.15) is 12.0 Å². The first-order chi connectivity index (χ1) is 12.8. The third-order valence-electron chi connectivity index (χ3n) is 4.13. The van der Waals surface area contributed by atoms with E-state index in [0.717, 1.165) is 26.9 Å². The lowest BCUT2D eigenvalue weighted by Gasteiger charge is -2.32. The van der Waals surface area contributed by atoms with Gasteiger partial charge in [-0.2, -0.15) is 5.26 Å². The highest BCUT2D eigenvalue weighted by Crippen LogP contribution is 2.31. The molecule has 0 amide bonds. The second kappa shape index (κ2) is 7.38. The molecule has 0 aliphatic carbocycles. The predicted octanol–water partition coefficient (Wildman–Crippen LogP) is 4.06. The van der Waals surface area contributed by atoms with Crippen LogP contribution in [0.4, 0.5) is 5.13 Å². The molecule has 2 aromatic carbocycles. The predicted molar refractivity (Wildman–Crippen MR) is 106 cm³/mol. The van der Waals surface area contributed by atoms with Gasteiger partial charge in [0.2, 0.25) is 5.96 Å². The van der Waals surface area contributed by atoms with Crippen molar-refractivity contribution in [2.45, 2.75) is 19.0 Å². The van der Waals surface area contributed by atoms with Gasteiger partial charge in [0, 0.05) is 6.20 Å². The van der Waals surface area contributed by atoms with Crippen LogP contribution in [-0.2, 0) is 6.54 Å². The van der Waals surface area contributed by atoms with E-state index in [0.29, 0.717) is 13.0 Å². The summed E-state index contributed by atoms with van der Waals surface area (Å²) in [6, 6.07) is 20.4. The normalized spacial score (nSPS) is 18.0. The van der Waals surface area contributed by atoms with E-state index in [-0.39, 0.29) is 6.04 Å². The summed E-state index contributed by atoms with van der Waals surface area (Å²) in [5, 5.41) is 13.3. The third-order valence-corrected chi connectivity index (χ3v) is 5.17. The SMILES string of the molecule is N#CCC1C=CNC(=NCc2ccccc2)N1c1nc2ccccc2s1. The van der Waals surface area contributed by atoms with Crippen molar-refractivity contribution in [3.63, 3.8) is 0 Å². The van der Waals surface area contributed by atoms with E-state index in [9.17, 15) is 5.26 Å². The largest absolute Gasteiger partial charge is 0.333 e. The molecule has 0 spiro atoms. The number of rotatable bonds is 4. The summed E-state index contributed by atoms with van der Waals surface area (Å²) in [4.78, 5) is 11.5. The van der Waals surface area contributed by atoms with Crippen LogP contribution >= 0.6 is 11.3 Å². The van der Waals surface area contributed by atoms with Crippen molar-refractivity contribution in [2.75, 3.05) is 4.90 Å². The second-order valence-electron chi connectivity index (χ2n) is 5.89. The van der Waals surface area contributed by atoms with Gasteiger partial charge < -0.3 is 5.32 Å². The minimum atomic E-state index is -0.0867. The van der Waals surface area contributed by atoms with Gasteiger partial charge in [-0.1, -0.05) is 53.8 Å². The highest BCUT2D eigenvalue weighted by Gasteiger charge is 2.27. The van der Waals surface area contributed by atoms with Crippen LogP contribution in [0.3, 0.4) is 0 Å². The standard InChI is InChI=1S/C20H17N5S/c21-12-10-16-11-13-22-19(23-14-15-6-2-1-3-7-15)25(16)20-24-17-8-4-5-9-18(17)26-20/h1-9,11,13,16H,10,14H2,(H,22,23). The Bertz CT molecular complexity index is 967. The van der Waals surface area contributed by atoms with Gasteiger partial charge >= 0.3 is 0 Å². The molecule has 3 aromatic rings. The number of aromatic nitrogens is 1. The molecule has 128 valence electrons. The number of guanidine groups is 1. The highest BCUT2D eigenvalue weighted by atomic mass is 32.1. The van der Waals surface area contributed by atoms with Crippen LogP contribution in [0.15, 0.2) is 71.9 Å². The maximum atomic E-state index is 9.23. The van der Waals surface area contributed by atoms with Crippen LogP contribution in [0.25, 0.3) is 10.2 Å². The van der Waals surface area contributed by atoms with E-state index < -0.39 is 0 Å². The Morgan fingerprint density at radius 2 is 1.96 bits per heavy atom. The molecular formula is C20H17N5S. The molecule has 1 aliphatic heterocycles. The number of aliphatic imine (C=N–C) groups is 1. The number of thiazole rings is 1. The van der Waals surface area contributed by atoms with Crippen LogP contribution in [0.2, 0.25) is 0 Å². The molecule has 0 fully saturated rings. The first kappa shape index (κ1) is 16.3. The summed E-state index contributed by atoms with van der Waals surface area (Å²) in [6.07, 6.45) is 4.21. The van der Waals surface area contributed by atoms with Crippen molar-refractivity contribution in [1.29, 1.82) is 5.26 Å². The molecule has 1 N–H and O–H groups in total. The quantitative estimate of drug-likeness (QED) is 0.763. The van der Waals surface area contributed by atoms with E-state index in [4.69, 9.17) is 9.98 Å². The molecule has 1 aliphatic rings. The fraction of sp³-hybridized carbons (Fsp3) is 0.150. The summed E-state index contributed by atoms with van der Waals surface area (Å²) in [5.74, 6) is 0.718.